The Morgan fingerprint density at radius 1 is 1.15 bits per heavy atom. The van der Waals surface area contributed by atoms with Gasteiger partial charge in [-0.1, -0.05) is 41.0 Å². The van der Waals surface area contributed by atoms with Crippen LogP contribution in [0.1, 0.15) is 74.1 Å². The number of carbonyl (C=O) groups excluding carboxylic acids is 1. The summed E-state index contributed by atoms with van der Waals surface area (Å²) >= 11 is 0. The average molecular weight is 287 g/mol. The Hall–Kier alpha value is -0.610. The van der Waals surface area contributed by atoms with Crippen molar-refractivity contribution in [2.75, 3.05) is 0 Å². The normalized spacial score (nSPS) is 15.9. The number of carboxylic acid groups (broad SMARTS) is 1. The van der Waals surface area contributed by atoms with Crippen LogP contribution in [0.15, 0.2) is 0 Å². The predicted molar refractivity (Wildman–Crippen MR) is 77.8 cm³/mol. The number of rotatable bonds is 10. The molecule has 0 saturated carbocycles. The van der Waals surface area contributed by atoms with Gasteiger partial charge >= 0.3 is 0 Å². The number of hydrogen-bond acceptors (Lipinski definition) is 4. The molecule has 0 aromatic rings. The first-order valence-electron chi connectivity index (χ1n) is 7.68. The second kappa shape index (κ2) is 7.99. The molecular weight excluding hydrogens is 256 g/mol. The summed E-state index contributed by atoms with van der Waals surface area (Å²) in [6.45, 7) is 14.1. The van der Waals surface area contributed by atoms with Crippen molar-refractivity contribution in [2.24, 2.45) is 11.3 Å². The molecule has 2 atom stereocenters. The topological polar surface area (TPSA) is 58.6 Å². The molecule has 0 rings (SSSR count). The van der Waals surface area contributed by atoms with Gasteiger partial charge in [-0.2, -0.15) is 0 Å². The van der Waals surface area contributed by atoms with E-state index < -0.39 is 23.6 Å². The minimum absolute atomic E-state index is 0.0626. The smallest absolute Gasteiger partial charge is 0.103 e. The molecule has 0 aliphatic heterocycles. The standard InChI is InChI=1S/C16H32O4/c1-8-11-13(12(9-2)14(17)18)19-20-16(6,7)15(4,5)10-3/h12-13H,8-11H2,1-7H3,(H,17,18)/p-1. The first-order valence-corrected chi connectivity index (χ1v) is 7.68. The number of carboxylic acids is 1. The van der Waals surface area contributed by atoms with E-state index in [1.807, 2.05) is 27.7 Å². The highest BCUT2D eigenvalue weighted by molar-refractivity contribution is 5.68. The van der Waals surface area contributed by atoms with Crippen LogP contribution in [0.4, 0.5) is 0 Å². The lowest BCUT2D eigenvalue weighted by atomic mass is 9.75. The molecule has 2 unspecified atom stereocenters. The molecule has 0 heterocycles. The molecule has 0 aliphatic rings. The Morgan fingerprint density at radius 2 is 1.70 bits per heavy atom. The maximum Gasteiger partial charge on any atom is 0.103 e. The molecule has 20 heavy (non-hydrogen) atoms. The fraction of sp³-hybridized carbons (Fsp3) is 0.938. The number of carbonyl (C=O) groups is 1. The lowest BCUT2D eigenvalue weighted by molar-refractivity contribution is -0.407. The van der Waals surface area contributed by atoms with Crippen molar-refractivity contribution < 1.29 is 19.7 Å². The van der Waals surface area contributed by atoms with E-state index in [4.69, 9.17) is 9.78 Å². The van der Waals surface area contributed by atoms with Gasteiger partial charge in [-0.25, -0.2) is 9.78 Å². The third-order valence-electron chi connectivity index (χ3n) is 4.66. The van der Waals surface area contributed by atoms with Crippen molar-refractivity contribution in [2.45, 2.75) is 85.9 Å². The lowest BCUT2D eigenvalue weighted by Gasteiger charge is -2.40. The van der Waals surface area contributed by atoms with E-state index in [0.717, 1.165) is 12.8 Å². The van der Waals surface area contributed by atoms with Gasteiger partial charge in [0.2, 0.25) is 0 Å². The van der Waals surface area contributed by atoms with Crippen LogP contribution in [0.2, 0.25) is 0 Å². The molecule has 4 heteroatoms. The second-order valence-electron chi connectivity index (χ2n) is 6.59. The molecule has 4 nitrogen and oxygen atoms in total. The zero-order valence-corrected chi connectivity index (χ0v) is 14.1. The van der Waals surface area contributed by atoms with Crippen molar-refractivity contribution in [3.63, 3.8) is 0 Å². The van der Waals surface area contributed by atoms with E-state index in [1.165, 1.54) is 0 Å². The third kappa shape index (κ3) is 5.06. The molecule has 120 valence electrons. The van der Waals surface area contributed by atoms with Crippen LogP contribution >= 0.6 is 0 Å². The fourth-order valence-corrected chi connectivity index (χ4v) is 1.90. The average Bonchev–Trinajstić information content (AvgIpc) is 2.36. The Morgan fingerprint density at radius 3 is 2.05 bits per heavy atom. The summed E-state index contributed by atoms with van der Waals surface area (Å²) in [7, 11) is 0. The highest BCUT2D eigenvalue weighted by Crippen LogP contribution is 2.37. The van der Waals surface area contributed by atoms with Gasteiger partial charge in [-0.3, -0.25) is 0 Å². The summed E-state index contributed by atoms with van der Waals surface area (Å²) in [6, 6.07) is 0. The van der Waals surface area contributed by atoms with E-state index in [1.54, 1.807) is 0 Å². The molecule has 0 fully saturated rings. The SMILES string of the molecule is CCCC(OOC(C)(C)C(C)(C)CC)C(CC)C(=O)[O-]. The van der Waals surface area contributed by atoms with Crippen LogP contribution in [0.5, 0.6) is 0 Å². The van der Waals surface area contributed by atoms with Crippen LogP contribution in [-0.4, -0.2) is 17.7 Å². The van der Waals surface area contributed by atoms with Gasteiger partial charge in [0.05, 0.1) is 0 Å². The maximum atomic E-state index is 11.2. The van der Waals surface area contributed by atoms with Crippen molar-refractivity contribution in [1.29, 1.82) is 0 Å². The quantitative estimate of drug-likeness (QED) is 0.457. The molecule has 0 aromatic heterocycles. The van der Waals surface area contributed by atoms with Crippen molar-refractivity contribution in [3.8, 4) is 0 Å². The van der Waals surface area contributed by atoms with Crippen LogP contribution in [0.3, 0.4) is 0 Å². The van der Waals surface area contributed by atoms with Crippen LogP contribution in [0, 0.1) is 11.3 Å². The number of hydrogen-bond donors (Lipinski definition) is 0. The molecule has 0 N–H and O–H groups in total. The zero-order chi connectivity index (χ0) is 16.0. The van der Waals surface area contributed by atoms with Crippen molar-refractivity contribution in [3.05, 3.63) is 0 Å². The fourth-order valence-electron chi connectivity index (χ4n) is 1.90. The minimum Gasteiger partial charge on any atom is -0.550 e. The van der Waals surface area contributed by atoms with Gasteiger partial charge in [0, 0.05) is 11.9 Å². The molecule has 0 amide bonds. The Kier molecular flexibility index (Phi) is 7.74. The number of aliphatic carboxylic acids is 1. The summed E-state index contributed by atoms with van der Waals surface area (Å²) in [4.78, 5) is 22.3. The van der Waals surface area contributed by atoms with Gasteiger partial charge in [0.15, 0.2) is 0 Å². The van der Waals surface area contributed by atoms with E-state index >= 15 is 0 Å². The van der Waals surface area contributed by atoms with Gasteiger partial charge in [0.1, 0.15) is 11.7 Å². The first kappa shape index (κ1) is 19.4. The summed E-state index contributed by atoms with van der Waals surface area (Å²) in [6.07, 6.45) is 2.46. The summed E-state index contributed by atoms with van der Waals surface area (Å²) in [5, 5.41) is 11.2. The van der Waals surface area contributed by atoms with Crippen LogP contribution < -0.4 is 5.11 Å². The molecule has 0 bridgehead atoms. The highest BCUT2D eigenvalue weighted by atomic mass is 17.2. The largest absolute Gasteiger partial charge is 0.550 e. The van der Waals surface area contributed by atoms with E-state index in [9.17, 15) is 9.90 Å². The van der Waals surface area contributed by atoms with Crippen LogP contribution in [0.25, 0.3) is 0 Å². The highest BCUT2D eigenvalue weighted by Gasteiger charge is 2.39. The van der Waals surface area contributed by atoms with E-state index in [-0.39, 0.29) is 5.41 Å². The minimum atomic E-state index is -1.07. The lowest BCUT2D eigenvalue weighted by Crippen LogP contribution is -2.45. The van der Waals surface area contributed by atoms with Crippen LogP contribution in [-0.2, 0) is 14.6 Å². The summed E-state index contributed by atoms with van der Waals surface area (Å²) < 4.78 is 0. The Balaban J connectivity index is 4.82. The van der Waals surface area contributed by atoms with Crippen molar-refractivity contribution in [1.82, 2.24) is 0 Å². The summed E-state index contributed by atoms with van der Waals surface area (Å²) in [5.41, 5.74) is -0.551. The Bertz CT molecular complexity index is 297. The Labute approximate surface area is 123 Å². The van der Waals surface area contributed by atoms with E-state index in [0.29, 0.717) is 12.8 Å². The van der Waals surface area contributed by atoms with Gasteiger partial charge in [-0.05, 0) is 38.5 Å². The third-order valence-corrected chi connectivity index (χ3v) is 4.66. The monoisotopic (exact) mass is 287 g/mol. The molecule has 0 aromatic carbocycles. The second-order valence-corrected chi connectivity index (χ2v) is 6.59. The van der Waals surface area contributed by atoms with Gasteiger partial charge in [0.25, 0.3) is 0 Å². The molecule has 0 spiro atoms. The van der Waals surface area contributed by atoms with Gasteiger partial charge < -0.3 is 9.90 Å². The molecule has 0 saturated heterocycles. The zero-order valence-electron chi connectivity index (χ0n) is 14.1. The molecule has 0 aliphatic carbocycles. The van der Waals surface area contributed by atoms with E-state index in [2.05, 4.69) is 20.8 Å². The first-order chi connectivity index (χ1) is 9.12. The van der Waals surface area contributed by atoms with Crippen molar-refractivity contribution >= 4 is 5.97 Å². The van der Waals surface area contributed by atoms with Gasteiger partial charge in [-0.15, -0.1) is 0 Å². The maximum absolute atomic E-state index is 11.2. The predicted octanol–water partition coefficient (Wildman–Crippen LogP) is 3.09. The molecule has 0 radical (unpaired) electrons. The molecular formula is C16H31O4-. The summed E-state index contributed by atoms with van der Waals surface area (Å²) in [5.74, 6) is -1.70.